The number of anilines is 3. The van der Waals surface area contributed by atoms with Gasteiger partial charge in [0.2, 0.25) is 5.91 Å². The normalized spacial score (nSPS) is 16.7. The molecule has 2 aromatic carbocycles. The van der Waals surface area contributed by atoms with Crippen LogP contribution in [0, 0.1) is 5.92 Å². The number of rotatable bonds is 6. The molecule has 0 saturated carbocycles. The van der Waals surface area contributed by atoms with Crippen LogP contribution in [0.3, 0.4) is 0 Å². The molecular formula is C26H26N6O5S. The van der Waals surface area contributed by atoms with Gasteiger partial charge in [-0.05, 0) is 41.5 Å². The van der Waals surface area contributed by atoms with Crippen LogP contribution in [0.25, 0.3) is 0 Å². The number of nitrogens with zero attached hydrogens (tertiary/aromatic N) is 2. The van der Waals surface area contributed by atoms with Gasteiger partial charge in [0.15, 0.2) is 12.1 Å². The Bertz CT molecular complexity index is 1580. The molecule has 0 saturated heterocycles. The number of amides is 2. The number of thiophene rings is 1. The largest absolute Gasteiger partial charge is 0.394 e. The number of primary amides is 1. The summed E-state index contributed by atoms with van der Waals surface area (Å²) < 4.78 is 0. The third kappa shape index (κ3) is 4.36. The van der Waals surface area contributed by atoms with Crippen molar-refractivity contribution in [1.29, 1.82) is 0 Å². The maximum atomic E-state index is 12.9. The van der Waals surface area contributed by atoms with Gasteiger partial charge in [0, 0.05) is 37.5 Å². The molecule has 1 aromatic heterocycles. The second kappa shape index (κ2) is 9.86. The predicted octanol–water partition coefficient (Wildman–Crippen LogP) is 0.258. The van der Waals surface area contributed by atoms with E-state index in [-0.39, 0.29) is 29.7 Å². The average Bonchev–Trinajstić information content (AvgIpc) is 3.47. The molecule has 12 heteroatoms. The van der Waals surface area contributed by atoms with E-state index >= 15 is 0 Å². The molecule has 11 nitrogen and oxygen atoms in total. The van der Waals surface area contributed by atoms with Gasteiger partial charge in [-0.25, -0.2) is 0 Å². The number of aldehydes is 1. The van der Waals surface area contributed by atoms with E-state index in [1.807, 2.05) is 23.1 Å². The molecule has 3 aromatic rings. The summed E-state index contributed by atoms with van der Waals surface area (Å²) in [6.07, 6.45) is 2.32. The minimum absolute atomic E-state index is 0.0159. The topological polar surface area (TPSA) is 177 Å². The summed E-state index contributed by atoms with van der Waals surface area (Å²) in [7, 11) is 1.48. The third-order valence-corrected chi connectivity index (χ3v) is 8.36. The molecule has 0 bridgehead atoms. The summed E-state index contributed by atoms with van der Waals surface area (Å²) >= 11 is 1.32. The van der Waals surface area contributed by atoms with Gasteiger partial charge in [0.05, 0.1) is 5.56 Å². The van der Waals surface area contributed by atoms with E-state index in [4.69, 9.17) is 11.5 Å². The minimum atomic E-state index is -0.633. The van der Waals surface area contributed by atoms with E-state index < -0.39 is 22.7 Å². The van der Waals surface area contributed by atoms with Gasteiger partial charge in [-0.2, -0.15) is 0 Å². The monoisotopic (exact) mass is 534 g/mol. The van der Waals surface area contributed by atoms with Gasteiger partial charge in [-0.15, -0.1) is 11.3 Å². The van der Waals surface area contributed by atoms with Crippen LogP contribution in [-0.2, 0) is 41.9 Å². The molecule has 0 spiro atoms. The first-order valence-corrected chi connectivity index (χ1v) is 12.9. The number of fused-ring (bicyclic) bond motifs is 2. The summed E-state index contributed by atoms with van der Waals surface area (Å²) in [6.45, 7) is 1.28. The highest BCUT2D eigenvalue weighted by Crippen LogP contribution is 2.40. The van der Waals surface area contributed by atoms with Gasteiger partial charge < -0.3 is 27.0 Å². The molecule has 6 N–H and O–H groups in total. The number of aliphatic imine (C=N–C) groups is 1. The molecule has 0 fully saturated rings. The van der Waals surface area contributed by atoms with Crippen molar-refractivity contribution in [2.45, 2.75) is 32.4 Å². The molecule has 2 heterocycles. The lowest BCUT2D eigenvalue weighted by atomic mass is 9.96. The number of benzene rings is 1. The zero-order valence-corrected chi connectivity index (χ0v) is 21.4. The summed E-state index contributed by atoms with van der Waals surface area (Å²) in [4.78, 5) is 66.5. The fraction of sp³-hybridized carbons (Fsp3) is 0.308. The van der Waals surface area contributed by atoms with Crippen LogP contribution in [0.1, 0.15) is 37.5 Å². The molecule has 2 aliphatic rings. The Labute approximate surface area is 221 Å². The van der Waals surface area contributed by atoms with Gasteiger partial charge in [0.1, 0.15) is 16.4 Å². The molecule has 2 amide bonds. The summed E-state index contributed by atoms with van der Waals surface area (Å²) in [6, 6.07) is 5.89. The third-order valence-electron chi connectivity index (χ3n) is 7.18. The molecule has 1 atom stereocenters. The lowest BCUT2D eigenvalue weighted by molar-refractivity contribution is -0.121. The Morgan fingerprint density at radius 1 is 1.21 bits per heavy atom. The number of hydrogen-bond acceptors (Lipinski definition) is 9. The van der Waals surface area contributed by atoms with Crippen molar-refractivity contribution in [3.63, 3.8) is 0 Å². The zero-order chi connectivity index (χ0) is 27.1. The van der Waals surface area contributed by atoms with E-state index in [1.54, 1.807) is 0 Å². The predicted molar refractivity (Wildman–Crippen MR) is 146 cm³/mol. The second-order valence-corrected chi connectivity index (χ2v) is 10.6. The van der Waals surface area contributed by atoms with Crippen LogP contribution in [0.15, 0.2) is 32.8 Å². The van der Waals surface area contributed by atoms with Gasteiger partial charge >= 0.3 is 0 Å². The quantitative estimate of drug-likeness (QED) is 0.151. The average molecular weight is 535 g/mol. The van der Waals surface area contributed by atoms with Crippen molar-refractivity contribution in [1.82, 2.24) is 5.32 Å². The van der Waals surface area contributed by atoms with E-state index in [0.29, 0.717) is 42.9 Å². The van der Waals surface area contributed by atoms with Gasteiger partial charge in [-0.1, -0.05) is 18.2 Å². The maximum absolute atomic E-state index is 12.9. The van der Waals surface area contributed by atoms with E-state index in [0.717, 1.165) is 33.4 Å². The maximum Gasteiger partial charge on any atom is 0.286 e. The van der Waals surface area contributed by atoms with Crippen LogP contribution in [0.2, 0.25) is 0 Å². The molecule has 5 rings (SSSR count). The van der Waals surface area contributed by atoms with Gasteiger partial charge in [-0.3, -0.25) is 29.0 Å². The summed E-state index contributed by atoms with van der Waals surface area (Å²) in [5.41, 5.74) is 14.5. The van der Waals surface area contributed by atoms with Crippen LogP contribution in [0.4, 0.5) is 16.4 Å². The zero-order valence-electron chi connectivity index (χ0n) is 20.6. The van der Waals surface area contributed by atoms with Crippen molar-refractivity contribution < 1.29 is 14.4 Å². The Kier molecular flexibility index (Phi) is 6.57. The first-order chi connectivity index (χ1) is 18.2. The smallest absolute Gasteiger partial charge is 0.286 e. The van der Waals surface area contributed by atoms with E-state index in [2.05, 4.69) is 15.6 Å². The van der Waals surface area contributed by atoms with Crippen molar-refractivity contribution in [2.75, 3.05) is 29.5 Å². The van der Waals surface area contributed by atoms with Crippen molar-refractivity contribution in [3.05, 3.63) is 71.3 Å². The van der Waals surface area contributed by atoms with Gasteiger partial charge in [0.25, 0.3) is 16.8 Å². The fourth-order valence-electron chi connectivity index (χ4n) is 5.09. The van der Waals surface area contributed by atoms with Crippen LogP contribution in [0.5, 0.6) is 0 Å². The number of nitrogens with one attached hydrogen (secondary N) is 2. The fourth-order valence-corrected chi connectivity index (χ4v) is 6.36. The molecule has 0 radical (unpaired) electrons. The van der Waals surface area contributed by atoms with Crippen molar-refractivity contribution >= 4 is 51.6 Å². The molecule has 1 unspecified atom stereocenters. The Morgan fingerprint density at radius 2 is 2.00 bits per heavy atom. The van der Waals surface area contributed by atoms with Crippen LogP contribution in [-0.4, -0.2) is 37.5 Å². The number of hydrogen-bond donors (Lipinski definition) is 4. The minimum Gasteiger partial charge on any atom is -0.394 e. The van der Waals surface area contributed by atoms with Crippen molar-refractivity contribution in [3.8, 4) is 0 Å². The standard InChI is InChI=1S/C26H26N6O5S/c1-29-24(31-26-17(11-33)16-7-14(23(28)36)8-18(16)38-26)25(37)30-9-12-2-3-13-4-5-32(10-15(13)6-12)20-19(27)21(34)22(20)35/h2-3,6,11,14H,4-5,7-10,27H2,1H3,(H2,28,36)(H,29,31)(H,30,37). The van der Waals surface area contributed by atoms with Crippen LogP contribution < -0.4 is 37.9 Å². The number of carbonyl (C=O) groups excluding carboxylic acids is 3. The molecule has 196 valence electrons. The lowest BCUT2D eigenvalue weighted by Gasteiger charge is -2.32. The van der Waals surface area contributed by atoms with Crippen LogP contribution >= 0.6 is 11.3 Å². The van der Waals surface area contributed by atoms with Crippen molar-refractivity contribution in [2.24, 2.45) is 16.6 Å². The SMILES string of the molecule is CN=C(Nc1sc2c(c1C=O)CC(C(N)=O)C2)C(=O)NCc1ccc2c(c1)CN(c1c(N)c(=O)c1=O)CC2. The second-order valence-electron chi connectivity index (χ2n) is 9.45. The number of nitrogens with two attached hydrogens (primary N) is 2. The first kappa shape index (κ1) is 25.3. The molecule has 1 aliphatic carbocycles. The first-order valence-electron chi connectivity index (χ1n) is 12.1. The number of nitrogen functional groups attached to an aromatic ring is 1. The molecular weight excluding hydrogens is 508 g/mol. The highest BCUT2D eigenvalue weighted by atomic mass is 32.1. The lowest BCUT2D eigenvalue weighted by Crippen LogP contribution is -2.44. The highest BCUT2D eigenvalue weighted by Gasteiger charge is 2.32. The summed E-state index contributed by atoms with van der Waals surface area (Å²) in [5.74, 6) is -1.10. The Morgan fingerprint density at radius 3 is 2.68 bits per heavy atom. The highest BCUT2D eigenvalue weighted by molar-refractivity contribution is 7.17. The van der Waals surface area contributed by atoms with E-state index in [9.17, 15) is 24.0 Å². The number of amidine groups is 1. The molecule has 38 heavy (non-hydrogen) atoms. The molecule has 1 aliphatic heterocycles. The number of carbonyl (C=O) groups is 3. The Hall–Kier alpha value is -4.32. The Balaban J connectivity index is 1.24. The summed E-state index contributed by atoms with van der Waals surface area (Å²) in [5, 5.41) is 6.33. The van der Waals surface area contributed by atoms with E-state index in [1.165, 1.54) is 18.4 Å².